The molecule has 4 rings (SSSR count). The molecular formula is C12H14N4S. The van der Waals surface area contributed by atoms with Crippen LogP contribution >= 0.6 is 11.3 Å². The SMILES string of the molecule is c1cnn(C2CN(c3nc4c(s3)CCC4)C2)c1. The van der Waals surface area contributed by atoms with Crippen molar-refractivity contribution in [1.29, 1.82) is 0 Å². The standard InChI is InChI=1S/C12H14N4S/c1-3-10-11(4-1)17-12(14-10)15-7-9(8-15)16-6-2-5-13-16/h2,5-6,9H,1,3-4,7-8H2. The van der Waals surface area contributed by atoms with Crippen LogP contribution in [0.2, 0.25) is 0 Å². The maximum atomic E-state index is 4.74. The molecule has 0 atom stereocenters. The summed E-state index contributed by atoms with van der Waals surface area (Å²) in [6.45, 7) is 2.10. The van der Waals surface area contributed by atoms with E-state index in [4.69, 9.17) is 4.98 Å². The van der Waals surface area contributed by atoms with Gasteiger partial charge in [-0.05, 0) is 25.3 Å². The third-order valence-corrected chi connectivity index (χ3v) is 4.83. The summed E-state index contributed by atoms with van der Waals surface area (Å²) in [7, 11) is 0. The molecule has 3 heterocycles. The molecule has 88 valence electrons. The van der Waals surface area contributed by atoms with E-state index in [0.29, 0.717) is 6.04 Å². The van der Waals surface area contributed by atoms with E-state index in [0.717, 1.165) is 13.1 Å². The van der Waals surface area contributed by atoms with Crippen LogP contribution in [-0.4, -0.2) is 27.9 Å². The van der Waals surface area contributed by atoms with Gasteiger partial charge in [0, 0.05) is 30.4 Å². The Morgan fingerprint density at radius 2 is 2.24 bits per heavy atom. The molecule has 0 amide bonds. The highest BCUT2D eigenvalue weighted by Gasteiger charge is 2.31. The van der Waals surface area contributed by atoms with Crippen LogP contribution in [0, 0.1) is 0 Å². The largest absolute Gasteiger partial charge is 0.344 e. The Bertz CT molecular complexity index is 503. The fourth-order valence-corrected chi connectivity index (χ4v) is 3.75. The van der Waals surface area contributed by atoms with Crippen LogP contribution < -0.4 is 4.90 Å². The molecule has 0 bridgehead atoms. The van der Waals surface area contributed by atoms with Gasteiger partial charge in [0.15, 0.2) is 5.13 Å². The number of thiazole rings is 1. The molecule has 17 heavy (non-hydrogen) atoms. The van der Waals surface area contributed by atoms with Crippen LogP contribution in [0.5, 0.6) is 0 Å². The van der Waals surface area contributed by atoms with Crippen molar-refractivity contribution in [3.05, 3.63) is 29.0 Å². The van der Waals surface area contributed by atoms with Crippen molar-refractivity contribution in [2.75, 3.05) is 18.0 Å². The number of nitrogens with zero attached hydrogens (tertiary/aromatic N) is 4. The van der Waals surface area contributed by atoms with Crippen molar-refractivity contribution in [2.24, 2.45) is 0 Å². The minimum atomic E-state index is 0.531. The van der Waals surface area contributed by atoms with Gasteiger partial charge in [0.05, 0.1) is 11.7 Å². The first-order valence-electron chi connectivity index (χ1n) is 6.13. The zero-order valence-electron chi connectivity index (χ0n) is 9.54. The molecule has 0 N–H and O–H groups in total. The van der Waals surface area contributed by atoms with E-state index in [9.17, 15) is 0 Å². The monoisotopic (exact) mass is 246 g/mol. The summed E-state index contributed by atoms with van der Waals surface area (Å²) in [6, 6.07) is 2.52. The summed E-state index contributed by atoms with van der Waals surface area (Å²) in [5.74, 6) is 0. The Labute approximate surface area is 104 Å². The summed E-state index contributed by atoms with van der Waals surface area (Å²) in [6.07, 6.45) is 7.61. The Morgan fingerprint density at radius 3 is 3.00 bits per heavy atom. The van der Waals surface area contributed by atoms with Crippen molar-refractivity contribution in [1.82, 2.24) is 14.8 Å². The Kier molecular flexibility index (Phi) is 2.02. The van der Waals surface area contributed by atoms with E-state index in [1.165, 1.54) is 35.0 Å². The van der Waals surface area contributed by atoms with Crippen molar-refractivity contribution in [3.8, 4) is 0 Å². The van der Waals surface area contributed by atoms with Gasteiger partial charge >= 0.3 is 0 Å². The lowest BCUT2D eigenvalue weighted by Crippen LogP contribution is -2.48. The maximum absolute atomic E-state index is 4.74. The van der Waals surface area contributed by atoms with E-state index < -0.39 is 0 Å². The summed E-state index contributed by atoms with van der Waals surface area (Å²) in [4.78, 5) is 8.63. The second-order valence-electron chi connectivity index (χ2n) is 4.76. The minimum absolute atomic E-state index is 0.531. The molecule has 1 aliphatic heterocycles. The lowest BCUT2D eigenvalue weighted by Gasteiger charge is -2.39. The average molecular weight is 246 g/mol. The smallest absolute Gasteiger partial charge is 0.185 e. The quantitative estimate of drug-likeness (QED) is 0.811. The molecule has 0 aromatic carbocycles. The molecule has 1 saturated heterocycles. The third kappa shape index (κ3) is 1.49. The summed E-state index contributed by atoms with van der Waals surface area (Å²) >= 11 is 1.89. The second kappa shape index (κ2) is 3.57. The summed E-state index contributed by atoms with van der Waals surface area (Å²) in [5, 5.41) is 5.51. The molecule has 1 aliphatic carbocycles. The molecule has 2 aromatic heterocycles. The number of aryl methyl sites for hydroxylation is 2. The number of anilines is 1. The van der Waals surface area contributed by atoms with Gasteiger partial charge < -0.3 is 4.90 Å². The van der Waals surface area contributed by atoms with Crippen LogP contribution in [-0.2, 0) is 12.8 Å². The van der Waals surface area contributed by atoms with Gasteiger partial charge in [0.1, 0.15) is 0 Å². The first kappa shape index (κ1) is 9.65. The van der Waals surface area contributed by atoms with Gasteiger partial charge in [-0.15, -0.1) is 11.3 Å². The lowest BCUT2D eigenvalue weighted by atomic mass is 10.1. The van der Waals surface area contributed by atoms with Gasteiger partial charge in [0.2, 0.25) is 0 Å². The highest BCUT2D eigenvalue weighted by molar-refractivity contribution is 7.15. The predicted octanol–water partition coefficient (Wildman–Crippen LogP) is 1.89. The Balaban J connectivity index is 1.48. The minimum Gasteiger partial charge on any atom is -0.344 e. The number of hydrogen-bond donors (Lipinski definition) is 0. The van der Waals surface area contributed by atoms with Crippen LogP contribution in [0.1, 0.15) is 23.0 Å². The third-order valence-electron chi connectivity index (χ3n) is 3.62. The number of aromatic nitrogens is 3. The average Bonchev–Trinajstić information content (AvgIpc) is 2.87. The van der Waals surface area contributed by atoms with Gasteiger partial charge in [-0.3, -0.25) is 4.68 Å². The van der Waals surface area contributed by atoms with Crippen LogP contribution in [0.25, 0.3) is 0 Å². The summed E-state index contributed by atoms with van der Waals surface area (Å²) in [5.41, 5.74) is 1.35. The Hall–Kier alpha value is -1.36. The van der Waals surface area contributed by atoms with E-state index in [1.807, 2.05) is 29.8 Å². The molecule has 2 aliphatic rings. The lowest BCUT2D eigenvalue weighted by molar-refractivity contribution is 0.368. The van der Waals surface area contributed by atoms with Crippen molar-refractivity contribution < 1.29 is 0 Å². The molecular weight excluding hydrogens is 232 g/mol. The Morgan fingerprint density at radius 1 is 1.29 bits per heavy atom. The molecule has 0 radical (unpaired) electrons. The first-order chi connectivity index (χ1) is 8.40. The highest BCUT2D eigenvalue weighted by Crippen LogP contribution is 2.36. The zero-order valence-corrected chi connectivity index (χ0v) is 10.4. The van der Waals surface area contributed by atoms with Gasteiger partial charge in [-0.1, -0.05) is 0 Å². The predicted molar refractivity (Wildman–Crippen MR) is 67.6 cm³/mol. The van der Waals surface area contributed by atoms with E-state index >= 15 is 0 Å². The zero-order chi connectivity index (χ0) is 11.2. The van der Waals surface area contributed by atoms with Crippen molar-refractivity contribution in [3.63, 3.8) is 0 Å². The molecule has 5 heteroatoms. The number of fused-ring (bicyclic) bond motifs is 1. The number of hydrogen-bond acceptors (Lipinski definition) is 4. The van der Waals surface area contributed by atoms with E-state index in [1.54, 1.807) is 0 Å². The van der Waals surface area contributed by atoms with Crippen LogP contribution in [0.4, 0.5) is 5.13 Å². The fraction of sp³-hybridized carbons (Fsp3) is 0.500. The van der Waals surface area contributed by atoms with E-state index in [-0.39, 0.29) is 0 Å². The van der Waals surface area contributed by atoms with Gasteiger partial charge in [-0.2, -0.15) is 5.10 Å². The van der Waals surface area contributed by atoms with Gasteiger partial charge in [0.25, 0.3) is 0 Å². The molecule has 0 spiro atoms. The van der Waals surface area contributed by atoms with Gasteiger partial charge in [-0.25, -0.2) is 4.98 Å². The van der Waals surface area contributed by atoms with Crippen LogP contribution in [0.3, 0.4) is 0 Å². The first-order valence-corrected chi connectivity index (χ1v) is 6.94. The highest BCUT2D eigenvalue weighted by atomic mass is 32.1. The van der Waals surface area contributed by atoms with Crippen molar-refractivity contribution in [2.45, 2.75) is 25.3 Å². The maximum Gasteiger partial charge on any atom is 0.185 e. The molecule has 1 fully saturated rings. The molecule has 4 nitrogen and oxygen atoms in total. The van der Waals surface area contributed by atoms with E-state index in [2.05, 4.69) is 14.7 Å². The fourth-order valence-electron chi connectivity index (χ4n) is 2.59. The topological polar surface area (TPSA) is 34.0 Å². The normalized spacial score (nSPS) is 19.4. The molecule has 2 aromatic rings. The molecule has 0 unspecified atom stereocenters. The van der Waals surface area contributed by atoms with Crippen LogP contribution in [0.15, 0.2) is 18.5 Å². The second-order valence-corrected chi connectivity index (χ2v) is 5.83. The molecule has 0 saturated carbocycles. The number of rotatable bonds is 2. The van der Waals surface area contributed by atoms with Crippen molar-refractivity contribution >= 4 is 16.5 Å². The summed E-state index contributed by atoms with van der Waals surface area (Å²) < 4.78 is 2.05.